The van der Waals surface area contributed by atoms with Crippen molar-refractivity contribution in [3.8, 4) is 0 Å². The van der Waals surface area contributed by atoms with Crippen LogP contribution >= 0.6 is 0 Å². The van der Waals surface area contributed by atoms with Gasteiger partial charge in [0.05, 0.1) is 54.4 Å². The molecule has 10 atom stereocenters. The number of benzene rings is 2. The number of carbonyl (C=O) groups is 2. The number of aliphatic hydroxyl groups is 2. The van der Waals surface area contributed by atoms with Crippen molar-refractivity contribution >= 4 is 32.2 Å². The summed E-state index contributed by atoms with van der Waals surface area (Å²) in [5, 5.41) is 29.8. The summed E-state index contributed by atoms with van der Waals surface area (Å²) in [4.78, 5) is 24.7. The summed E-state index contributed by atoms with van der Waals surface area (Å²) in [6.07, 6.45) is 23.0. The van der Waals surface area contributed by atoms with Crippen LogP contribution < -0.4 is 0 Å². The predicted molar refractivity (Wildman–Crippen MR) is 275 cm³/mol. The molecule has 6 rings (SSSR count). The Labute approximate surface area is 409 Å². The second kappa shape index (κ2) is 24.0. The molecule has 2 saturated heterocycles. The van der Waals surface area contributed by atoms with Crippen LogP contribution in [0.15, 0.2) is 60.7 Å². The summed E-state index contributed by atoms with van der Waals surface area (Å²) in [7, 11) is -1.28. The van der Waals surface area contributed by atoms with Crippen LogP contribution in [0, 0.1) is 51.4 Å². The fourth-order valence-corrected chi connectivity index (χ4v) is 11.0. The lowest BCUT2D eigenvalue weighted by atomic mass is 9.94. The molecule has 0 aromatic heterocycles. The molecule has 2 unspecified atom stereocenters. The van der Waals surface area contributed by atoms with Gasteiger partial charge >= 0.3 is 11.9 Å². The first kappa shape index (κ1) is 55.2. The second-order valence-corrected chi connectivity index (χ2v) is 27.8. The van der Waals surface area contributed by atoms with E-state index in [0.717, 1.165) is 72.4 Å². The van der Waals surface area contributed by atoms with E-state index in [4.69, 9.17) is 23.7 Å². The SMILES string of the molecule is Cc1cc(C)c(C(=O)O)c(/C=C/C[C@@H]2OC(C)(C)O[C@@H]2C(C)/C=C\[C@@H]2CCC[C@H]2O)c1.Cc1cc(C)c(C(=O)OCC[Si](C)(C)C)c(/C=C/C[C@@H]2OC(C)(C)O[C@@H]2C(C)/C=C\[C@@H]2CCC[C@H]2O)c1. The highest BCUT2D eigenvalue weighted by Gasteiger charge is 2.44. The molecule has 2 saturated carbocycles. The lowest BCUT2D eigenvalue weighted by molar-refractivity contribution is -0.148. The van der Waals surface area contributed by atoms with Gasteiger partial charge in [-0.3, -0.25) is 0 Å². The van der Waals surface area contributed by atoms with E-state index in [1.54, 1.807) is 0 Å². The van der Waals surface area contributed by atoms with Crippen LogP contribution in [0.25, 0.3) is 12.2 Å². The monoisotopic (exact) mass is 957 g/mol. The van der Waals surface area contributed by atoms with Gasteiger partial charge in [-0.05, 0) is 122 Å². The Morgan fingerprint density at radius 3 is 1.51 bits per heavy atom. The fraction of sp³-hybridized carbons (Fsp3) is 0.614. The lowest BCUT2D eigenvalue weighted by Gasteiger charge is -2.21. The fourth-order valence-electron chi connectivity index (χ4n) is 10.2. The van der Waals surface area contributed by atoms with E-state index in [0.29, 0.717) is 36.1 Å². The number of aliphatic hydroxyl groups excluding tert-OH is 2. The van der Waals surface area contributed by atoms with Gasteiger partial charge in [-0.25, -0.2) is 9.59 Å². The van der Waals surface area contributed by atoms with Crippen LogP contribution in [0.5, 0.6) is 0 Å². The van der Waals surface area contributed by atoms with Gasteiger partial charge < -0.3 is 39.0 Å². The Morgan fingerprint density at radius 1 is 0.691 bits per heavy atom. The first-order valence-corrected chi connectivity index (χ1v) is 28.9. The summed E-state index contributed by atoms with van der Waals surface area (Å²) < 4.78 is 30.6. The Hall–Kier alpha value is -3.68. The van der Waals surface area contributed by atoms with Crippen molar-refractivity contribution in [1.82, 2.24) is 0 Å². The van der Waals surface area contributed by atoms with Gasteiger partial charge in [-0.15, -0.1) is 0 Å². The summed E-state index contributed by atoms with van der Waals surface area (Å²) >= 11 is 0. The molecule has 2 aliphatic carbocycles. The number of rotatable bonds is 17. The summed E-state index contributed by atoms with van der Waals surface area (Å²) in [5.41, 5.74) is 6.43. The Bertz CT molecular complexity index is 2140. The van der Waals surface area contributed by atoms with Crippen LogP contribution in [-0.2, 0) is 23.7 Å². The predicted octanol–water partition coefficient (Wildman–Crippen LogP) is 12.4. The van der Waals surface area contributed by atoms with Crippen molar-refractivity contribution in [2.75, 3.05) is 6.61 Å². The normalized spacial score (nSPS) is 27.9. The number of aromatic carboxylic acids is 1. The average Bonchev–Trinajstić information content (AvgIpc) is 3.99. The molecule has 4 fully saturated rings. The molecule has 2 aliphatic heterocycles. The minimum atomic E-state index is -1.28. The smallest absolute Gasteiger partial charge is 0.338 e. The van der Waals surface area contributed by atoms with Gasteiger partial charge in [0.15, 0.2) is 11.6 Å². The van der Waals surface area contributed by atoms with Crippen molar-refractivity contribution in [1.29, 1.82) is 0 Å². The lowest BCUT2D eigenvalue weighted by Crippen LogP contribution is -2.28. The molecule has 2 aromatic rings. The molecule has 3 N–H and O–H groups in total. The molecular weight excluding hydrogens is 873 g/mol. The van der Waals surface area contributed by atoms with Crippen molar-refractivity contribution in [2.24, 2.45) is 23.7 Å². The van der Waals surface area contributed by atoms with E-state index in [-0.39, 0.29) is 66.3 Å². The number of hydrogen-bond donors (Lipinski definition) is 3. The molecule has 68 heavy (non-hydrogen) atoms. The standard InChI is InChI=1S/C31H48O5Si.C26H36O5/c1-21-19-23(3)28(30(33)34-17-18-37(6,7)8)25(20-21)12-10-14-27-29(36-31(4,5)35-27)22(2)15-16-24-11-9-13-26(24)32;1-16-14-18(3)23(25(28)29)20(15-16)9-7-11-22-24(31-26(4,5)30-22)17(2)12-13-19-8-6-10-21(19)27/h10,12,15-16,19-20,22,24,26-27,29,32H,9,11,13-14,17-18H2,1-8H3;7,9,12-15,17,19,21-22,24,27H,6,8,10-11H2,1-5H3,(H,28,29)/b12-10+,16-15-;9-7+,13-12-/t22?,24-,26+,27-,29+;17?,19-,21+,22-,24+/m00/s1. The zero-order valence-electron chi connectivity index (χ0n) is 43.5. The zero-order chi connectivity index (χ0) is 50.1. The van der Waals surface area contributed by atoms with E-state index in [1.165, 1.54) is 0 Å². The summed E-state index contributed by atoms with van der Waals surface area (Å²) in [6.45, 7) is 27.2. The van der Waals surface area contributed by atoms with Gasteiger partial charge in [0.25, 0.3) is 0 Å². The molecule has 4 aliphatic rings. The number of ether oxygens (including phenoxy) is 5. The molecule has 0 radical (unpaired) electrons. The molecule has 11 heteroatoms. The minimum absolute atomic E-state index is 0.0836. The summed E-state index contributed by atoms with van der Waals surface area (Å²) in [5.74, 6) is -1.70. The minimum Gasteiger partial charge on any atom is -0.478 e. The molecule has 2 heterocycles. The third-order valence-corrected chi connectivity index (χ3v) is 15.4. The Kier molecular flexibility index (Phi) is 19.5. The van der Waals surface area contributed by atoms with Gasteiger partial charge in [0, 0.05) is 31.7 Å². The van der Waals surface area contributed by atoms with E-state index in [9.17, 15) is 24.9 Å². The van der Waals surface area contributed by atoms with Gasteiger partial charge in [-0.2, -0.15) is 0 Å². The molecular formula is C57H84O10Si. The molecule has 0 amide bonds. The maximum Gasteiger partial charge on any atom is 0.338 e. The van der Waals surface area contributed by atoms with E-state index in [1.807, 2.05) is 97.9 Å². The van der Waals surface area contributed by atoms with E-state index in [2.05, 4.69) is 63.9 Å². The number of carboxylic acids is 1. The zero-order valence-corrected chi connectivity index (χ0v) is 44.5. The molecule has 0 spiro atoms. The van der Waals surface area contributed by atoms with Crippen molar-refractivity contribution in [2.45, 2.75) is 194 Å². The topological polar surface area (TPSA) is 141 Å². The largest absolute Gasteiger partial charge is 0.478 e. The van der Waals surface area contributed by atoms with Gasteiger partial charge in [0.1, 0.15) is 0 Å². The highest BCUT2D eigenvalue weighted by Crippen LogP contribution is 2.38. The molecule has 10 nitrogen and oxygen atoms in total. The van der Waals surface area contributed by atoms with Crippen LogP contribution in [0.2, 0.25) is 25.7 Å². The van der Waals surface area contributed by atoms with Crippen molar-refractivity contribution in [3.05, 3.63) is 105 Å². The van der Waals surface area contributed by atoms with E-state index < -0.39 is 25.6 Å². The van der Waals surface area contributed by atoms with Crippen LogP contribution in [0.1, 0.15) is 147 Å². The van der Waals surface area contributed by atoms with Crippen LogP contribution in [-0.4, -0.2) is 90.1 Å². The second-order valence-electron chi connectivity index (χ2n) is 22.2. The Morgan fingerprint density at radius 2 is 1.12 bits per heavy atom. The third kappa shape index (κ3) is 15.9. The van der Waals surface area contributed by atoms with E-state index >= 15 is 0 Å². The number of carboxylic acid groups (broad SMARTS) is 1. The number of aryl methyl sites for hydroxylation is 4. The summed E-state index contributed by atoms with van der Waals surface area (Å²) in [6, 6.07) is 8.83. The maximum atomic E-state index is 13.0. The van der Waals surface area contributed by atoms with Crippen LogP contribution in [0.3, 0.4) is 0 Å². The Balaban J connectivity index is 0.000000258. The molecule has 2 aromatic carbocycles. The number of esters is 1. The van der Waals surface area contributed by atoms with Gasteiger partial charge in [-0.1, -0.05) is 130 Å². The maximum absolute atomic E-state index is 13.0. The highest BCUT2D eigenvalue weighted by molar-refractivity contribution is 6.76. The third-order valence-electron chi connectivity index (χ3n) is 13.7. The molecule has 376 valence electrons. The number of hydrogen-bond acceptors (Lipinski definition) is 9. The van der Waals surface area contributed by atoms with Gasteiger partial charge in [0.2, 0.25) is 0 Å². The average molecular weight is 957 g/mol. The quantitative estimate of drug-likeness (QED) is 0.0797. The van der Waals surface area contributed by atoms with Crippen molar-refractivity contribution < 1.29 is 48.6 Å². The highest BCUT2D eigenvalue weighted by atomic mass is 28.3. The molecule has 0 bridgehead atoms. The van der Waals surface area contributed by atoms with Crippen LogP contribution in [0.4, 0.5) is 0 Å². The van der Waals surface area contributed by atoms with Crippen molar-refractivity contribution in [3.63, 3.8) is 0 Å². The first-order valence-electron chi connectivity index (χ1n) is 25.2. The number of carbonyl (C=O) groups excluding carboxylic acids is 1. The first-order chi connectivity index (χ1) is 31.8.